The van der Waals surface area contributed by atoms with Gasteiger partial charge in [0, 0.05) is 27.9 Å². The summed E-state index contributed by atoms with van der Waals surface area (Å²) < 4.78 is 3.35. The summed E-state index contributed by atoms with van der Waals surface area (Å²) in [5.41, 5.74) is 2.35. The third-order valence-corrected chi connectivity index (χ3v) is 3.35. The second-order valence-electron chi connectivity index (χ2n) is 4.00. The van der Waals surface area contributed by atoms with Crippen molar-refractivity contribution in [2.75, 3.05) is 0 Å². The molecule has 0 fully saturated rings. The van der Waals surface area contributed by atoms with Crippen molar-refractivity contribution in [3.8, 4) is 0 Å². The number of pyridine rings is 1. The van der Waals surface area contributed by atoms with Crippen LogP contribution in [0, 0.1) is 3.57 Å². The number of benzene rings is 1. The minimum atomic E-state index is 0.873. The van der Waals surface area contributed by atoms with Crippen molar-refractivity contribution >= 4 is 33.6 Å². The molecule has 0 N–H and O–H groups in total. The lowest BCUT2D eigenvalue weighted by Gasteiger charge is -2.04. The maximum absolute atomic E-state index is 4.49. The maximum atomic E-state index is 4.49. The van der Waals surface area contributed by atoms with Crippen LogP contribution in [0.25, 0.3) is 11.0 Å². The van der Waals surface area contributed by atoms with Gasteiger partial charge in [-0.05, 0) is 40.3 Å². The predicted molar refractivity (Wildman–Crippen MR) is 78.0 cm³/mol. The Morgan fingerprint density at radius 2 is 1.94 bits per heavy atom. The molecule has 2 heterocycles. The van der Waals surface area contributed by atoms with Crippen molar-refractivity contribution in [1.82, 2.24) is 9.55 Å². The van der Waals surface area contributed by atoms with Crippen LogP contribution >= 0.6 is 22.6 Å². The molecule has 0 radical (unpaired) electrons. The average Bonchev–Trinajstić information content (AvgIpc) is 2.73. The molecule has 2 nitrogen and oxygen atoms in total. The van der Waals surface area contributed by atoms with E-state index in [-0.39, 0.29) is 0 Å². The second-order valence-corrected chi connectivity index (χ2v) is 5.24. The summed E-state index contributed by atoms with van der Waals surface area (Å²) in [4.78, 5) is 4.49. The molecule has 3 heteroatoms. The molecule has 0 aliphatic rings. The van der Waals surface area contributed by atoms with Crippen LogP contribution in [0.15, 0.2) is 54.9 Å². The molecule has 3 rings (SSSR count). The van der Waals surface area contributed by atoms with E-state index in [1.807, 2.05) is 12.3 Å². The van der Waals surface area contributed by atoms with Gasteiger partial charge in [-0.1, -0.05) is 30.3 Å². The fourth-order valence-electron chi connectivity index (χ4n) is 1.96. The number of hydrogen-bond acceptors (Lipinski definition) is 1. The van der Waals surface area contributed by atoms with Crippen LogP contribution in [0.4, 0.5) is 0 Å². The summed E-state index contributed by atoms with van der Waals surface area (Å²) in [5, 5.41) is 1.20. The first kappa shape index (κ1) is 10.8. The van der Waals surface area contributed by atoms with Crippen molar-refractivity contribution < 1.29 is 0 Å². The van der Waals surface area contributed by atoms with Gasteiger partial charge in [-0.25, -0.2) is 4.98 Å². The van der Waals surface area contributed by atoms with Crippen LogP contribution in [0.2, 0.25) is 0 Å². The maximum Gasteiger partial charge on any atom is 0.140 e. The highest BCUT2D eigenvalue weighted by Crippen LogP contribution is 2.17. The van der Waals surface area contributed by atoms with Crippen LogP contribution in [-0.2, 0) is 6.54 Å². The van der Waals surface area contributed by atoms with Crippen molar-refractivity contribution in [1.29, 1.82) is 0 Å². The van der Waals surface area contributed by atoms with E-state index < -0.39 is 0 Å². The molecule has 0 spiro atoms. The fraction of sp³-hybridized carbons (Fsp3) is 0.0714. The van der Waals surface area contributed by atoms with E-state index in [0.717, 1.165) is 12.2 Å². The van der Waals surface area contributed by atoms with Crippen LogP contribution in [0.5, 0.6) is 0 Å². The van der Waals surface area contributed by atoms with E-state index in [9.17, 15) is 0 Å². The first-order chi connectivity index (χ1) is 8.33. The lowest BCUT2D eigenvalue weighted by molar-refractivity contribution is 0.825. The van der Waals surface area contributed by atoms with Crippen molar-refractivity contribution in [3.05, 3.63) is 64.0 Å². The molecule has 2 aromatic heterocycles. The van der Waals surface area contributed by atoms with Crippen LogP contribution in [0.3, 0.4) is 0 Å². The third kappa shape index (κ3) is 2.20. The largest absolute Gasteiger partial charge is 0.328 e. The molecule has 0 amide bonds. The topological polar surface area (TPSA) is 17.8 Å². The SMILES string of the molecule is Ic1cnc2c(ccn2Cc2ccccc2)c1. The van der Waals surface area contributed by atoms with Crippen molar-refractivity contribution in [2.24, 2.45) is 0 Å². The summed E-state index contributed by atoms with van der Waals surface area (Å²) in [5.74, 6) is 0. The van der Waals surface area contributed by atoms with Gasteiger partial charge in [0.15, 0.2) is 0 Å². The number of fused-ring (bicyclic) bond motifs is 1. The zero-order valence-corrected chi connectivity index (χ0v) is 11.3. The van der Waals surface area contributed by atoms with Gasteiger partial charge in [0.2, 0.25) is 0 Å². The highest BCUT2D eigenvalue weighted by Gasteiger charge is 2.03. The normalized spacial score (nSPS) is 10.9. The number of halogens is 1. The monoisotopic (exact) mass is 334 g/mol. The molecule has 0 saturated heterocycles. The zero-order chi connectivity index (χ0) is 11.7. The summed E-state index contributed by atoms with van der Waals surface area (Å²) in [6.45, 7) is 0.873. The van der Waals surface area contributed by atoms with Crippen molar-refractivity contribution in [3.63, 3.8) is 0 Å². The van der Waals surface area contributed by atoms with Gasteiger partial charge in [0.05, 0.1) is 0 Å². The van der Waals surface area contributed by atoms with Crippen LogP contribution < -0.4 is 0 Å². The van der Waals surface area contributed by atoms with Gasteiger partial charge in [-0.3, -0.25) is 0 Å². The standard InChI is InChI=1S/C14H11IN2/c15-13-8-12-6-7-17(14(12)16-9-13)10-11-4-2-1-3-5-11/h1-9H,10H2. The Kier molecular flexibility index (Phi) is 2.84. The quantitative estimate of drug-likeness (QED) is 0.654. The van der Waals surface area contributed by atoms with E-state index in [1.165, 1.54) is 14.5 Å². The van der Waals surface area contributed by atoms with Gasteiger partial charge in [-0.2, -0.15) is 0 Å². The van der Waals surface area contributed by atoms with Crippen molar-refractivity contribution in [2.45, 2.75) is 6.54 Å². The summed E-state index contributed by atoms with van der Waals surface area (Å²) in [6.07, 6.45) is 4.01. The molecule has 1 aromatic carbocycles. The van der Waals surface area contributed by atoms with E-state index in [0.29, 0.717) is 0 Å². The molecule has 0 atom stereocenters. The Balaban J connectivity index is 2.01. The molecule has 17 heavy (non-hydrogen) atoms. The number of hydrogen-bond donors (Lipinski definition) is 0. The van der Waals surface area contributed by atoms with Gasteiger partial charge in [0.25, 0.3) is 0 Å². The molecule has 0 saturated carbocycles. The number of aromatic nitrogens is 2. The van der Waals surface area contributed by atoms with Gasteiger partial charge in [-0.15, -0.1) is 0 Å². The summed E-state index contributed by atoms with van der Waals surface area (Å²) in [7, 11) is 0. The fourth-order valence-corrected chi connectivity index (χ4v) is 2.43. The molecule has 0 unspecified atom stereocenters. The average molecular weight is 334 g/mol. The van der Waals surface area contributed by atoms with E-state index in [2.05, 4.69) is 74.7 Å². The van der Waals surface area contributed by atoms with E-state index in [4.69, 9.17) is 0 Å². The minimum Gasteiger partial charge on any atom is -0.328 e. The smallest absolute Gasteiger partial charge is 0.140 e. The Labute approximate surface area is 113 Å². The van der Waals surface area contributed by atoms with Crippen LogP contribution in [0.1, 0.15) is 5.56 Å². The molecule has 0 bridgehead atoms. The summed E-state index contributed by atoms with van der Waals surface area (Å²) in [6, 6.07) is 14.7. The highest BCUT2D eigenvalue weighted by molar-refractivity contribution is 14.1. The van der Waals surface area contributed by atoms with Gasteiger partial charge >= 0.3 is 0 Å². The molecular formula is C14H11IN2. The Bertz CT molecular complexity index is 644. The number of rotatable bonds is 2. The van der Waals surface area contributed by atoms with Crippen LogP contribution in [-0.4, -0.2) is 9.55 Å². The second kappa shape index (κ2) is 4.49. The molecular weight excluding hydrogens is 323 g/mol. The van der Waals surface area contributed by atoms with E-state index >= 15 is 0 Å². The van der Waals surface area contributed by atoms with Gasteiger partial charge in [0.1, 0.15) is 5.65 Å². The Morgan fingerprint density at radius 3 is 2.76 bits per heavy atom. The van der Waals surface area contributed by atoms with Gasteiger partial charge < -0.3 is 4.57 Å². The first-order valence-electron chi connectivity index (χ1n) is 5.47. The number of nitrogens with zero attached hydrogens (tertiary/aromatic N) is 2. The first-order valence-corrected chi connectivity index (χ1v) is 6.55. The molecule has 0 aliphatic heterocycles. The molecule has 0 aliphatic carbocycles. The Morgan fingerprint density at radius 1 is 1.12 bits per heavy atom. The minimum absolute atomic E-state index is 0.873. The van der Waals surface area contributed by atoms with E-state index in [1.54, 1.807) is 0 Å². The zero-order valence-electron chi connectivity index (χ0n) is 9.18. The lowest BCUT2D eigenvalue weighted by atomic mass is 10.2. The molecule has 84 valence electrons. The predicted octanol–water partition coefficient (Wildman–Crippen LogP) is 3.69. The highest BCUT2D eigenvalue weighted by atomic mass is 127. The lowest BCUT2D eigenvalue weighted by Crippen LogP contribution is -1.98. The third-order valence-electron chi connectivity index (χ3n) is 2.76. The molecule has 3 aromatic rings. The Hall–Kier alpha value is -1.36. The summed E-state index contributed by atoms with van der Waals surface area (Å²) >= 11 is 2.29.